The summed E-state index contributed by atoms with van der Waals surface area (Å²) in [4.78, 5) is 27.0. The third-order valence-corrected chi connectivity index (χ3v) is 3.69. The zero-order valence-electron chi connectivity index (χ0n) is 8.76. The highest BCUT2D eigenvalue weighted by atomic mass is 32.1. The standard InChI is InChI=1S/C10H8N2O3S2/c1-5(13)11-10-12-7(6-3-2-4-16-6)8(17-10)9(14)15/h2-4H,1H3,(H,14,15)(H,11,12,13). The smallest absolute Gasteiger partial charge is 0.348 e. The van der Waals surface area contributed by atoms with Gasteiger partial charge in [-0.05, 0) is 11.4 Å². The van der Waals surface area contributed by atoms with Gasteiger partial charge in [0.25, 0.3) is 0 Å². The second-order valence-electron chi connectivity index (χ2n) is 3.16. The number of amides is 1. The third kappa shape index (κ3) is 2.51. The minimum atomic E-state index is -1.04. The molecule has 0 atom stereocenters. The van der Waals surface area contributed by atoms with Crippen molar-refractivity contribution in [2.75, 3.05) is 5.32 Å². The lowest BCUT2D eigenvalue weighted by atomic mass is 10.3. The molecule has 0 saturated carbocycles. The average Bonchev–Trinajstić information content (AvgIpc) is 2.82. The van der Waals surface area contributed by atoms with E-state index >= 15 is 0 Å². The molecule has 2 aromatic heterocycles. The van der Waals surface area contributed by atoms with E-state index in [0.717, 1.165) is 16.2 Å². The number of hydrogen-bond donors (Lipinski definition) is 2. The van der Waals surface area contributed by atoms with Gasteiger partial charge in [-0.25, -0.2) is 9.78 Å². The summed E-state index contributed by atoms with van der Waals surface area (Å²) >= 11 is 2.37. The second kappa shape index (κ2) is 4.64. The van der Waals surface area contributed by atoms with Crippen molar-refractivity contribution >= 4 is 39.7 Å². The molecule has 7 heteroatoms. The molecule has 0 saturated heterocycles. The van der Waals surface area contributed by atoms with Crippen molar-refractivity contribution in [3.8, 4) is 10.6 Å². The maximum Gasteiger partial charge on any atom is 0.348 e. The van der Waals surface area contributed by atoms with Crippen LogP contribution in [0, 0.1) is 0 Å². The molecule has 2 N–H and O–H groups in total. The molecule has 0 fully saturated rings. The summed E-state index contributed by atoms with van der Waals surface area (Å²) in [5.74, 6) is -1.31. The van der Waals surface area contributed by atoms with Gasteiger partial charge >= 0.3 is 5.97 Å². The predicted octanol–water partition coefficient (Wildman–Crippen LogP) is 2.53. The van der Waals surface area contributed by atoms with Crippen LogP contribution < -0.4 is 5.32 Å². The number of carboxylic acid groups (broad SMARTS) is 1. The molecule has 1 amide bonds. The molecule has 88 valence electrons. The Bertz CT molecular complexity index is 560. The number of aromatic nitrogens is 1. The monoisotopic (exact) mass is 268 g/mol. The van der Waals surface area contributed by atoms with E-state index in [9.17, 15) is 9.59 Å². The molecular formula is C10H8N2O3S2. The zero-order valence-corrected chi connectivity index (χ0v) is 10.4. The van der Waals surface area contributed by atoms with E-state index in [4.69, 9.17) is 5.11 Å². The van der Waals surface area contributed by atoms with Gasteiger partial charge in [0.05, 0.1) is 4.88 Å². The SMILES string of the molecule is CC(=O)Nc1nc(-c2cccs2)c(C(=O)O)s1. The summed E-state index contributed by atoms with van der Waals surface area (Å²) in [6, 6.07) is 3.62. The maximum atomic E-state index is 11.1. The number of anilines is 1. The quantitative estimate of drug-likeness (QED) is 0.896. The van der Waals surface area contributed by atoms with Crippen molar-refractivity contribution in [3.63, 3.8) is 0 Å². The molecule has 0 aromatic carbocycles. The Morgan fingerprint density at radius 2 is 2.24 bits per heavy atom. The fraction of sp³-hybridized carbons (Fsp3) is 0.100. The number of rotatable bonds is 3. The van der Waals surface area contributed by atoms with Gasteiger partial charge in [0, 0.05) is 6.92 Å². The number of nitrogens with one attached hydrogen (secondary N) is 1. The molecule has 0 spiro atoms. The van der Waals surface area contributed by atoms with Gasteiger partial charge < -0.3 is 10.4 Å². The van der Waals surface area contributed by atoms with E-state index in [-0.39, 0.29) is 10.8 Å². The Kier molecular flexibility index (Phi) is 3.21. The zero-order chi connectivity index (χ0) is 12.4. The van der Waals surface area contributed by atoms with E-state index in [2.05, 4.69) is 10.3 Å². The summed E-state index contributed by atoms with van der Waals surface area (Å²) in [6.07, 6.45) is 0. The molecule has 0 bridgehead atoms. The summed E-state index contributed by atoms with van der Waals surface area (Å²) in [5, 5.41) is 13.7. The van der Waals surface area contributed by atoms with Crippen molar-refractivity contribution in [1.82, 2.24) is 4.98 Å². The lowest BCUT2D eigenvalue weighted by molar-refractivity contribution is -0.114. The van der Waals surface area contributed by atoms with Crippen LogP contribution in [0.5, 0.6) is 0 Å². The van der Waals surface area contributed by atoms with Gasteiger partial charge in [0.1, 0.15) is 10.6 Å². The Labute approximate surface area is 105 Å². The highest BCUT2D eigenvalue weighted by Crippen LogP contribution is 2.33. The maximum absolute atomic E-state index is 11.1. The lowest BCUT2D eigenvalue weighted by Gasteiger charge is -1.93. The summed E-state index contributed by atoms with van der Waals surface area (Å²) in [5.41, 5.74) is 0.404. The Balaban J connectivity index is 2.46. The van der Waals surface area contributed by atoms with E-state index in [0.29, 0.717) is 10.8 Å². The van der Waals surface area contributed by atoms with Gasteiger partial charge in [-0.15, -0.1) is 11.3 Å². The molecule has 0 aliphatic carbocycles. The fourth-order valence-electron chi connectivity index (χ4n) is 1.25. The van der Waals surface area contributed by atoms with Gasteiger partial charge in [0.15, 0.2) is 5.13 Å². The van der Waals surface area contributed by atoms with E-state index in [1.807, 2.05) is 11.4 Å². The molecule has 5 nitrogen and oxygen atoms in total. The number of thiophene rings is 1. The van der Waals surface area contributed by atoms with Gasteiger partial charge in [-0.1, -0.05) is 17.4 Å². The van der Waals surface area contributed by atoms with Crippen molar-refractivity contribution in [1.29, 1.82) is 0 Å². The van der Waals surface area contributed by atoms with E-state index < -0.39 is 5.97 Å². The first kappa shape index (κ1) is 11.7. The number of hydrogen-bond acceptors (Lipinski definition) is 5. The number of carboxylic acids is 1. The van der Waals surface area contributed by atoms with Crippen molar-refractivity contribution < 1.29 is 14.7 Å². The van der Waals surface area contributed by atoms with Crippen LogP contribution in [0.4, 0.5) is 5.13 Å². The number of carbonyl (C=O) groups excluding carboxylic acids is 1. The summed E-state index contributed by atoms with van der Waals surface area (Å²) in [6.45, 7) is 1.35. The van der Waals surface area contributed by atoms with Crippen LogP contribution in [-0.2, 0) is 4.79 Å². The molecule has 0 aliphatic heterocycles. The molecule has 2 heterocycles. The van der Waals surface area contributed by atoms with Crippen LogP contribution in [0.1, 0.15) is 16.6 Å². The van der Waals surface area contributed by atoms with Crippen LogP contribution in [-0.4, -0.2) is 22.0 Å². The summed E-state index contributed by atoms with van der Waals surface area (Å²) in [7, 11) is 0. The fourth-order valence-corrected chi connectivity index (χ4v) is 2.90. The number of nitrogens with zero attached hydrogens (tertiary/aromatic N) is 1. The first-order valence-corrected chi connectivity index (χ1v) is 6.33. The Morgan fingerprint density at radius 1 is 1.47 bits per heavy atom. The molecule has 2 aromatic rings. The normalized spacial score (nSPS) is 10.2. The molecule has 0 aliphatic rings. The topological polar surface area (TPSA) is 79.3 Å². The van der Waals surface area contributed by atoms with Crippen molar-refractivity contribution in [2.45, 2.75) is 6.92 Å². The van der Waals surface area contributed by atoms with E-state index in [1.54, 1.807) is 6.07 Å². The van der Waals surface area contributed by atoms with Gasteiger partial charge in [-0.2, -0.15) is 0 Å². The predicted molar refractivity (Wildman–Crippen MR) is 66.7 cm³/mol. The largest absolute Gasteiger partial charge is 0.477 e. The Hall–Kier alpha value is -1.73. The summed E-state index contributed by atoms with van der Waals surface area (Å²) < 4.78 is 0. The van der Waals surface area contributed by atoms with Crippen molar-refractivity contribution in [2.24, 2.45) is 0 Å². The van der Waals surface area contributed by atoms with Gasteiger partial charge in [-0.3, -0.25) is 4.79 Å². The van der Waals surface area contributed by atoms with Gasteiger partial charge in [0.2, 0.25) is 5.91 Å². The Morgan fingerprint density at radius 3 is 2.76 bits per heavy atom. The molecule has 0 radical (unpaired) electrons. The first-order chi connectivity index (χ1) is 8.08. The van der Waals surface area contributed by atoms with Crippen LogP contribution in [0.2, 0.25) is 0 Å². The highest BCUT2D eigenvalue weighted by Gasteiger charge is 2.19. The number of carbonyl (C=O) groups is 2. The highest BCUT2D eigenvalue weighted by molar-refractivity contribution is 7.19. The van der Waals surface area contributed by atoms with E-state index in [1.165, 1.54) is 18.3 Å². The number of thiazole rings is 1. The molecule has 17 heavy (non-hydrogen) atoms. The number of aromatic carboxylic acids is 1. The lowest BCUT2D eigenvalue weighted by Crippen LogP contribution is -2.04. The first-order valence-electron chi connectivity index (χ1n) is 4.63. The van der Waals surface area contributed by atoms with Crippen molar-refractivity contribution in [3.05, 3.63) is 22.4 Å². The van der Waals surface area contributed by atoms with Crippen LogP contribution in [0.3, 0.4) is 0 Å². The minimum absolute atomic E-state index is 0.135. The third-order valence-electron chi connectivity index (χ3n) is 1.86. The molecule has 2 rings (SSSR count). The molecular weight excluding hydrogens is 260 g/mol. The van der Waals surface area contributed by atoms with Crippen LogP contribution >= 0.6 is 22.7 Å². The van der Waals surface area contributed by atoms with Crippen LogP contribution in [0.25, 0.3) is 10.6 Å². The van der Waals surface area contributed by atoms with Crippen LogP contribution in [0.15, 0.2) is 17.5 Å². The molecule has 0 unspecified atom stereocenters. The minimum Gasteiger partial charge on any atom is -0.477 e. The average molecular weight is 268 g/mol. The second-order valence-corrected chi connectivity index (χ2v) is 5.11.